The Morgan fingerprint density at radius 2 is 1.86 bits per heavy atom. The molecule has 0 aromatic carbocycles. The molecule has 2 fully saturated rings. The van der Waals surface area contributed by atoms with Crippen LogP contribution < -0.4 is 16.8 Å². The zero-order valence-corrected chi connectivity index (χ0v) is 18.3. The number of nitrogens with one attached hydrogen (secondary N) is 1. The van der Waals surface area contributed by atoms with Gasteiger partial charge in [-0.3, -0.25) is 14.7 Å². The SMILES string of the molecule is Cl.NC(N)=NCCC[C@@H](C=O)NC(=O)[C@@H]1CCCN1CCCC1CCCCC1.O. The van der Waals surface area contributed by atoms with Crippen LogP contribution in [-0.4, -0.2) is 60.2 Å². The van der Waals surface area contributed by atoms with Crippen LogP contribution in [0.15, 0.2) is 4.99 Å². The van der Waals surface area contributed by atoms with Gasteiger partial charge in [0.15, 0.2) is 5.96 Å². The maximum Gasteiger partial charge on any atom is 0.237 e. The molecule has 1 amide bonds. The Labute approximate surface area is 181 Å². The summed E-state index contributed by atoms with van der Waals surface area (Å²) in [5.74, 6) is 0.930. The van der Waals surface area contributed by atoms with Gasteiger partial charge in [0, 0.05) is 6.54 Å². The third-order valence-electron chi connectivity index (χ3n) is 5.91. The average molecular weight is 434 g/mol. The number of carbonyl (C=O) groups excluding carboxylic acids is 2. The highest BCUT2D eigenvalue weighted by Gasteiger charge is 2.31. The second-order valence-corrected chi connectivity index (χ2v) is 8.04. The van der Waals surface area contributed by atoms with Crippen LogP contribution in [-0.2, 0) is 9.59 Å². The molecule has 0 aromatic rings. The number of guanidine groups is 1. The highest BCUT2D eigenvalue weighted by molar-refractivity contribution is 5.85. The summed E-state index contributed by atoms with van der Waals surface area (Å²) in [7, 11) is 0. The Balaban J connectivity index is 0.00000392. The van der Waals surface area contributed by atoms with E-state index in [1.807, 2.05) is 0 Å². The molecular weight excluding hydrogens is 394 g/mol. The molecule has 2 atom stereocenters. The smallest absolute Gasteiger partial charge is 0.237 e. The lowest BCUT2D eigenvalue weighted by Crippen LogP contribution is -2.47. The number of aliphatic imine (C=N–C) groups is 1. The highest BCUT2D eigenvalue weighted by atomic mass is 35.5. The molecule has 0 unspecified atom stereocenters. The van der Waals surface area contributed by atoms with Gasteiger partial charge >= 0.3 is 0 Å². The molecule has 8 nitrogen and oxygen atoms in total. The molecule has 170 valence electrons. The molecule has 1 saturated heterocycles. The Morgan fingerprint density at radius 3 is 2.52 bits per heavy atom. The molecule has 0 radical (unpaired) electrons. The van der Waals surface area contributed by atoms with Crippen molar-refractivity contribution in [3.63, 3.8) is 0 Å². The number of aldehydes is 1. The van der Waals surface area contributed by atoms with Gasteiger partial charge < -0.3 is 27.1 Å². The summed E-state index contributed by atoms with van der Waals surface area (Å²) >= 11 is 0. The maximum absolute atomic E-state index is 12.7. The van der Waals surface area contributed by atoms with Gasteiger partial charge in [-0.1, -0.05) is 32.1 Å². The maximum atomic E-state index is 12.7. The summed E-state index contributed by atoms with van der Waals surface area (Å²) in [6, 6.07) is -0.548. The first-order valence-corrected chi connectivity index (χ1v) is 10.6. The largest absolute Gasteiger partial charge is 0.412 e. The Bertz CT molecular complexity index is 497. The van der Waals surface area contributed by atoms with Crippen LogP contribution in [0.3, 0.4) is 0 Å². The molecule has 1 heterocycles. The Hall–Kier alpha value is -1.38. The number of hydrogen-bond donors (Lipinski definition) is 3. The fourth-order valence-electron chi connectivity index (χ4n) is 4.42. The number of halogens is 1. The minimum Gasteiger partial charge on any atom is -0.412 e. The van der Waals surface area contributed by atoms with E-state index >= 15 is 0 Å². The molecule has 7 N–H and O–H groups in total. The lowest BCUT2D eigenvalue weighted by atomic mass is 9.86. The average Bonchev–Trinajstić information content (AvgIpc) is 3.13. The summed E-state index contributed by atoms with van der Waals surface area (Å²) in [5.41, 5.74) is 10.6. The number of hydrogen-bond acceptors (Lipinski definition) is 4. The van der Waals surface area contributed by atoms with E-state index in [0.29, 0.717) is 19.4 Å². The molecule has 29 heavy (non-hydrogen) atoms. The van der Waals surface area contributed by atoms with E-state index in [0.717, 1.165) is 38.1 Å². The van der Waals surface area contributed by atoms with Gasteiger partial charge in [0.25, 0.3) is 0 Å². The van der Waals surface area contributed by atoms with Crippen molar-refractivity contribution in [2.75, 3.05) is 19.6 Å². The number of amides is 1. The van der Waals surface area contributed by atoms with Crippen LogP contribution in [0.5, 0.6) is 0 Å². The standard InChI is InChI=1S/C20H37N5O2.ClH.H2O/c21-20(22)23-12-4-10-17(15-26)24-19(27)18-11-6-14-25(18)13-5-9-16-7-2-1-3-8-16;;/h15-18H,1-14H2,(H,24,27)(H4,21,22,23);1H;1H2/t17-,18-;;/m0../s1. The van der Waals surface area contributed by atoms with E-state index in [9.17, 15) is 9.59 Å². The van der Waals surface area contributed by atoms with E-state index in [-0.39, 0.29) is 35.8 Å². The number of carbonyl (C=O) groups is 2. The molecule has 9 heteroatoms. The topological polar surface area (TPSA) is 145 Å². The van der Waals surface area contributed by atoms with Gasteiger partial charge in [-0.2, -0.15) is 0 Å². The first-order chi connectivity index (χ1) is 13.1. The van der Waals surface area contributed by atoms with Gasteiger partial charge in [-0.05, 0) is 57.5 Å². The van der Waals surface area contributed by atoms with E-state index < -0.39 is 6.04 Å². The van der Waals surface area contributed by atoms with E-state index in [1.54, 1.807) is 0 Å². The Kier molecular flexibility index (Phi) is 14.7. The van der Waals surface area contributed by atoms with Crippen LogP contribution in [0.4, 0.5) is 0 Å². The van der Waals surface area contributed by atoms with Crippen molar-refractivity contribution in [2.24, 2.45) is 22.4 Å². The number of nitrogens with zero attached hydrogens (tertiary/aromatic N) is 2. The van der Waals surface area contributed by atoms with E-state index in [4.69, 9.17) is 11.5 Å². The zero-order valence-electron chi connectivity index (χ0n) is 17.5. The quantitative estimate of drug-likeness (QED) is 0.193. The number of likely N-dealkylation sites (tertiary alicyclic amines) is 1. The highest BCUT2D eigenvalue weighted by Crippen LogP contribution is 2.28. The summed E-state index contributed by atoms with van der Waals surface area (Å²) < 4.78 is 0. The molecule has 2 rings (SSSR count). The van der Waals surface area contributed by atoms with Crippen LogP contribution in [0.1, 0.15) is 70.6 Å². The van der Waals surface area contributed by atoms with Crippen LogP contribution in [0, 0.1) is 5.92 Å². The molecular formula is C20H40ClN5O3. The van der Waals surface area contributed by atoms with Gasteiger partial charge in [-0.25, -0.2) is 0 Å². The Morgan fingerprint density at radius 1 is 1.14 bits per heavy atom. The van der Waals surface area contributed by atoms with E-state index in [1.165, 1.54) is 44.9 Å². The molecule has 1 saturated carbocycles. The lowest BCUT2D eigenvalue weighted by molar-refractivity contribution is -0.128. The van der Waals surface area contributed by atoms with Crippen molar-refractivity contribution >= 4 is 30.6 Å². The predicted molar refractivity (Wildman–Crippen MR) is 119 cm³/mol. The second kappa shape index (κ2) is 15.5. The predicted octanol–water partition coefficient (Wildman–Crippen LogP) is 1.15. The normalized spacial score (nSPS) is 20.8. The summed E-state index contributed by atoms with van der Waals surface area (Å²) in [5, 5.41) is 2.91. The van der Waals surface area contributed by atoms with Crippen molar-refractivity contribution in [1.29, 1.82) is 0 Å². The van der Waals surface area contributed by atoms with Crippen molar-refractivity contribution in [3.05, 3.63) is 0 Å². The summed E-state index contributed by atoms with van der Waals surface area (Å²) in [4.78, 5) is 30.2. The minimum atomic E-state index is -0.462. The van der Waals surface area contributed by atoms with Gasteiger partial charge in [0.2, 0.25) is 5.91 Å². The fraction of sp³-hybridized carbons (Fsp3) is 0.850. The van der Waals surface area contributed by atoms with E-state index in [2.05, 4.69) is 15.2 Å². The third-order valence-corrected chi connectivity index (χ3v) is 5.91. The number of rotatable bonds is 11. The molecule has 0 bridgehead atoms. The molecule has 0 spiro atoms. The fourth-order valence-corrected chi connectivity index (χ4v) is 4.42. The van der Waals surface area contributed by atoms with Crippen LogP contribution >= 0.6 is 12.4 Å². The van der Waals surface area contributed by atoms with Gasteiger partial charge in [0.05, 0.1) is 12.1 Å². The van der Waals surface area contributed by atoms with Crippen LogP contribution in [0.2, 0.25) is 0 Å². The van der Waals surface area contributed by atoms with Crippen molar-refractivity contribution in [3.8, 4) is 0 Å². The molecule has 1 aliphatic carbocycles. The second-order valence-electron chi connectivity index (χ2n) is 8.04. The van der Waals surface area contributed by atoms with Crippen molar-refractivity contribution < 1.29 is 15.1 Å². The first-order valence-electron chi connectivity index (χ1n) is 10.6. The minimum absolute atomic E-state index is 0. The monoisotopic (exact) mass is 433 g/mol. The zero-order chi connectivity index (χ0) is 19.5. The first kappa shape index (κ1) is 27.6. The molecule has 2 aliphatic rings. The van der Waals surface area contributed by atoms with Crippen LogP contribution in [0.25, 0.3) is 0 Å². The lowest BCUT2D eigenvalue weighted by Gasteiger charge is -2.26. The molecule has 0 aromatic heterocycles. The summed E-state index contributed by atoms with van der Waals surface area (Å²) in [6.07, 6.45) is 13.4. The number of nitrogens with two attached hydrogens (primary N) is 2. The third kappa shape index (κ3) is 10.3. The van der Waals surface area contributed by atoms with Crippen molar-refractivity contribution in [1.82, 2.24) is 10.2 Å². The molecule has 1 aliphatic heterocycles. The van der Waals surface area contributed by atoms with Gasteiger partial charge in [-0.15, -0.1) is 12.4 Å². The van der Waals surface area contributed by atoms with Gasteiger partial charge in [0.1, 0.15) is 6.29 Å². The summed E-state index contributed by atoms with van der Waals surface area (Å²) in [6.45, 7) is 2.45. The van der Waals surface area contributed by atoms with Crippen molar-refractivity contribution in [2.45, 2.75) is 82.7 Å².